The minimum absolute atomic E-state index is 0.0882. The van der Waals surface area contributed by atoms with Crippen molar-refractivity contribution in [1.29, 1.82) is 0 Å². The quantitative estimate of drug-likeness (QED) is 0.292. The molecule has 3 aromatic carbocycles. The van der Waals surface area contributed by atoms with Gasteiger partial charge in [0.2, 0.25) is 12.7 Å². The number of aromatic amines is 1. The fourth-order valence-electron chi connectivity index (χ4n) is 6.81. The molecule has 0 radical (unpaired) electrons. The van der Waals surface area contributed by atoms with Crippen LogP contribution in [0.2, 0.25) is 0 Å². The van der Waals surface area contributed by atoms with E-state index in [1.54, 1.807) is 12.2 Å². The first-order chi connectivity index (χ1) is 21.1. The molecule has 0 spiro atoms. The second-order valence-corrected chi connectivity index (χ2v) is 11.5. The maximum Gasteiger partial charge on any atom is 0.251 e. The first-order valence-electron chi connectivity index (χ1n) is 15.2. The highest BCUT2D eigenvalue weighted by molar-refractivity contribution is 5.96. The molecule has 1 saturated heterocycles. The van der Waals surface area contributed by atoms with E-state index in [0.29, 0.717) is 36.2 Å². The van der Waals surface area contributed by atoms with Gasteiger partial charge in [0, 0.05) is 47.4 Å². The third-order valence-corrected chi connectivity index (χ3v) is 9.00. The van der Waals surface area contributed by atoms with E-state index in [9.17, 15) is 9.59 Å². The standard InChI is InChI=1S/C35H36N4O4/c1-2-38-17-6-9-26(38)21-36-35(41)25-8-5-7-23(19-25)12-15-32(40)39-18-16-28-27-10-3-4-11-29(27)37-33(28)34(39)24-13-14-30-31(20-24)43-22-42-30/h3-5,7-8,10-15,19-20,26,34,37H,2,6,9,16-18,21-22H2,1H3,(H,36,41)/b15-12+. The Balaban J connectivity index is 1.12. The van der Waals surface area contributed by atoms with Crippen LogP contribution in [0, 0.1) is 0 Å². The van der Waals surface area contributed by atoms with Gasteiger partial charge in [-0.15, -0.1) is 0 Å². The number of hydrogen-bond donors (Lipinski definition) is 2. The Morgan fingerprint density at radius 1 is 1.02 bits per heavy atom. The molecule has 3 aliphatic rings. The van der Waals surface area contributed by atoms with Crippen molar-refractivity contribution in [1.82, 2.24) is 20.1 Å². The molecule has 220 valence electrons. The molecule has 4 aromatic rings. The Kier molecular flexibility index (Phi) is 7.37. The van der Waals surface area contributed by atoms with Crippen molar-refractivity contribution < 1.29 is 19.1 Å². The van der Waals surface area contributed by atoms with Gasteiger partial charge in [-0.1, -0.05) is 43.3 Å². The second kappa shape index (κ2) is 11.6. The molecule has 0 bridgehead atoms. The van der Waals surface area contributed by atoms with Crippen LogP contribution in [-0.4, -0.2) is 65.6 Å². The maximum atomic E-state index is 13.8. The zero-order chi connectivity index (χ0) is 29.3. The number of likely N-dealkylation sites (tertiary alicyclic amines) is 1. The third-order valence-electron chi connectivity index (χ3n) is 9.00. The Bertz CT molecular complexity index is 1710. The third kappa shape index (κ3) is 5.27. The number of fused-ring (bicyclic) bond motifs is 4. The summed E-state index contributed by atoms with van der Waals surface area (Å²) in [5.41, 5.74) is 5.68. The van der Waals surface area contributed by atoms with E-state index in [2.05, 4.69) is 40.3 Å². The van der Waals surface area contributed by atoms with Gasteiger partial charge in [-0.05, 0) is 85.5 Å². The van der Waals surface area contributed by atoms with E-state index in [4.69, 9.17) is 9.47 Å². The molecule has 1 aromatic heterocycles. The van der Waals surface area contributed by atoms with Crippen LogP contribution in [0.5, 0.6) is 11.5 Å². The van der Waals surface area contributed by atoms with Gasteiger partial charge in [-0.2, -0.15) is 0 Å². The SMILES string of the molecule is CCN1CCCC1CNC(=O)c1cccc(/C=C/C(=O)N2CCc3c([nH]c4ccccc34)C2c2ccc3c(c2)OCO3)c1. The number of amides is 2. The predicted molar refractivity (Wildman–Crippen MR) is 166 cm³/mol. The molecule has 0 aliphatic carbocycles. The molecule has 43 heavy (non-hydrogen) atoms. The number of rotatable bonds is 7. The fourth-order valence-corrected chi connectivity index (χ4v) is 6.81. The van der Waals surface area contributed by atoms with Crippen LogP contribution >= 0.6 is 0 Å². The summed E-state index contributed by atoms with van der Waals surface area (Å²) in [6, 6.07) is 21.7. The monoisotopic (exact) mass is 576 g/mol. The number of benzene rings is 3. The molecule has 8 nitrogen and oxygen atoms in total. The average Bonchev–Trinajstić information content (AvgIpc) is 3.80. The normalized spacial score (nSPS) is 19.7. The molecule has 2 amide bonds. The van der Waals surface area contributed by atoms with Crippen molar-refractivity contribution in [3.05, 3.63) is 101 Å². The zero-order valence-electron chi connectivity index (χ0n) is 24.3. The summed E-state index contributed by atoms with van der Waals surface area (Å²) < 4.78 is 11.2. The lowest BCUT2D eigenvalue weighted by molar-refractivity contribution is -0.128. The number of aromatic nitrogens is 1. The summed E-state index contributed by atoms with van der Waals surface area (Å²) in [4.78, 5) is 34.7. The number of carbonyl (C=O) groups is 2. The number of likely N-dealkylation sites (N-methyl/N-ethyl adjacent to an activating group) is 1. The van der Waals surface area contributed by atoms with Crippen molar-refractivity contribution in [3.8, 4) is 11.5 Å². The molecule has 2 N–H and O–H groups in total. The van der Waals surface area contributed by atoms with Gasteiger partial charge in [0.1, 0.15) is 0 Å². The van der Waals surface area contributed by atoms with Crippen LogP contribution in [0.25, 0.3) is 17.0 Å². The topological polar surface area (TPSA) is 86.9 Å². The Morgan fingerprint density at radius 3 is 2.81 bits per heavy atom. The largest absolute Gasteiger partial charge is 0.454 e. The summed E-state index contributed by atoms with van der Waals surface area (Å²) >= 11 is 0. The Hall–Kier alpha value is -4.56. The molecule has 2 unspecified atom stereocenters. The summed E-state index contributed by atoms with van der Waals surface area (Å²) in [6.45, 7) is 5.69. The molecular formula is C35H36N4O4. The number of nitrogens with one attached hydrogen (secondary N) is 2. The molecule has 0 saturated carbocycles. The molecule has 4 heterocycles. The molecule has 8 heteroatoms. The van der Waals surface area contributed by atoms with Gasteiger partial charge >= 0.3 is 0 Å². The summed E-state index contributed by atoms with van der Waals surface area (Å²) in [6.07, 6.45) is 6.46. The van der Waals surface area contributed by atoms with Crippen LogP contribution in [0.3, 0.4) is 0 Å². The van der Waals surface area contributed by atoms with Crippen LogP contribution in [-0.2, 0) is 11.2 Å². The smallest absolute Gasteiger partial charge is 0.251 e. The molecule has 3 aliphatic heterocycles. The fraction of sp³-hybridized carbons (Fsp3) is 0.314. The van der Waals surface area contributed by atoms with Crippen molar-refractivity contribution in [2.75, 3.05) is 33.0 Å². The predicted octanol–water partition coefficient (Wildman–Crippen LogP) is 5.30. The van der Waals surface area contributed by atoms with Crippen LogP contribution in [0.4, 0.5) is 0 Å². The van der Waals surface area contributed by atoms with Gasteiger partial charge < -0.3 is 24.7 Å². The van der Waals surface area contributed by atoms with E-state index in [-0.39, 0.29) is 24.6 Å². The molecular weight excluding hydrogens is 540 g/mol. The average molecular weight is 577 g/mol. The van der Waals surface area contributed by atoms with Crippen LogP contribution in [0.15, 0.2) is 72.8 Å². The van der Waals surface area contributed by atoms with Gasteiger partial charge in [0.15, 0.2) is 11.5 Å². The molecule has 7 rings (SSSR count). The first kappa shape index (κ1) is 27.3. The van der Waals surface area contributed by atoms with Crippen molar-refractivity contribution in [3.63, 3.8) is 0 Å². The lowest BCUT2D eigenvalue weighted by Gasteiger charge is -2.35. The van der Waals surface area contributed by atoms with E-state index in [1.165, 1.54) is 17.4 Å². The minimum atomic E-state index is -0.307. The maximum absolute atomic E-state index is 13.8. The lowest BCUT2D eigenvalue weighted by atomic mass is 9.92. The van der Waals surface area contributed by atoms with E-state index in [0.717, 1.165) is 48.3 Å². The number of carbonyl (C=O) groups excluding carboxylic acids is 2. The summed E-state index contributed by atoms with van der Waals surface area (Å²) in [5, 5.41) is 4.30. The number of nitrogens with zero attached hydrogens (tertiary/aromatic N) is 2. The highest BCUT2D eigenvalue weighted by Gasteiger charge is 2.34. The first-order valence-corrected chi connectivity index (χ1v) is 15.2. The van der Waals surface area contributed by atoms with Crippen molar-refractivity contribution >= 4 is 28.8 Å². The zero-order valence-corrected chi connectivity index (χ0v) is 24.3. The number of hydrogen-bond acceptors (Lipinski definition) is 5. The van der Waals surface area contributed by atoms with Gasteiger partial charge in [-0.3, -0.25) is 14.5 Å². The molecule has 2 atom stereocenters. The van der Waals surface area contributed by atoms with E-state index in [1.807, 2.05) is 53.4 Å². The second-order valence-electron chi connectivity index (χ2n) is 11.5. The van der Waals surface area contributed by atoms with Crippen molar-refractivity contribution in [2.45, 2.75) is 38.3 Å². The lowest BCUT2D eigenvalue weighted by Crippen LogP contribution is -2.40. The summed E-state index contributed by atoms with van der Waals surface area (Å²) in [7, 11) is 0. The molecule has 1 fully saturated rings. The van der Waals surface area contributed by atoms with Gasteiger partial charge in [0.25, 0.3) is 5.91 Å². The van der Waals surface area contributed by atoms with E-state index >= 15 is 0 Å². The van der Waals surface area contributed by atoms with Gasteiger partial charge in [-0.25, -0.2) is 0 Å². The van der Waals surface area contributed by atoms with Crippen LogP contribution < -0.4 is 14.8 Å². The van der Waals surface area contributed by atoms with Crippen molar-refractivity contribution in [2.24, 2.45) is 0 Å². The number of H-pyrrole nitrogens is 1. The van der Waals surface area contributed by atoms with E-state index < -0.39 is 0 Å². The van der Waals surface area contributed by atoms with Gasteiger partial charge in [0.05, 0.1) is 6.04 Å². The Labute approximate surface area is 251 Å². The van der Waals surface area contributed by atoms with Crippen LogP contribution in [0.1, 0.15) is 58.5 Å². The number of ether oxygens (including phenoxy) is 2. The number of para-hydroxylation sites is 1. The minimum Gasteiger partial charge on any atom is -0.454 e. The summed E-state index contributed by atoms with van der Waals surface area (Å²) in [5.74, 6) is 1.22. The Morgan fingerprint density at radius 2 is 1.91 bits per heavy atom. The highest BCUT2D eigenvalue weighted by atomic mass is 16.7. The highest BCUT2D eigenvalue weighted by Crippen LogP contribution is 2.42.